The van der Waals surface area contributed by atoms with Crippen molar-refractivity contribution in [3.8, 4) is 10.6 Å². The van der Waals surface area contributed by atoms with Gasteiger partial charge < -0.3 is 14.5 Å². The second-order valence-electron chi connectivity index (χ2n) is 6.87. The molecular weight excluding hydrogens is 410 g/mol. The van der Waals surface area contributed by atoms with E-state index < -0.39 is 0 Å². The number of rotatable bonds is 6. The van der Waals surface area contributed by atoms with E-state index in [0.29, 0.717) is 30.5 Å². The maximum atomic E-state index is 12.7. The van der Waals surface area contributed by atoms with E-state index in [1.165, 1.54) is 11.3 Å². The summed E-state index contributed by atoms with van der Waals surface area (Å²) < 4.78 is 11.3. The topological polar surface area (TPSA) is 67.6 Å². The van der Waals surface area contributed by atoms with Gasteiger partial charge in [-0.25, -0.2) is 4.98 Å². The first kappa shape index (κ1) is 20.1. The number of morpholine rings is 1. The quantitative estimate of drug-likeness (QED) is 0.634. The molecule has 1 atom stereocenters. The van der Waals surface area contributed by atoms with E-state index in [1.807, 2.05) is 43.3 Å². The highest BCUT2D eigenvalue weighted by Crippen LogP contribution is 2.26. The third kappa shape index (κ3) is 4.87. The van der Waals surface area contributed by atoms with Crippen LogP contribution in [-0.2, 0) is 4.74 Å². The van der Waals surface area contributed by atoms with E-state index >= 15 is 0 Å². The molecule has 1 aliphatic rings. The molecule has 1 amide bonds. The number of benzene rings is 1. The summed E-state index contributed by atoms with van der Waals surface area (Å²) in [5, 5.41) is 6.26. The number of carbonyl (C=O) groups excluding carboxylic acids is 1. The summed E-state index contributed by atoms with van der Waals surface area (Å²) >= 11 is 7.38. The Balaban J connectivity index is 1.44. The average Bonchev–Trinajstić information content (AvgIpc) is 3.39. The largest absolute Gasteiger partial charge is 0.465 e. The highest BCUT2D eigenvalue weighted by atomic mass is 35.5. The number of thiazole rings is 1. The molecule has 1 fully saturated rings. The Hall–Kier alpha value is -2.19. The first-order valence-corrected chi connectivity index (χ1v) is 10.7. The van der Waals surface area contributed by atoms with Gasteiger partial charge in [-0.1, -0.05) is 23.7 Å². The summed E-state index contributed by atoms with van der Waals surface area (Å²) in [6.07, 6.45) is 0. The molecule has 0 spiro atoms. The second kappa shape index (κ2) is 9.09. The van der Waals surface area contributed by atoms with Gasteiger partial charge >= 0.3 is 0 Å². The number of hydrogen-bond donors (Lipinski definition) is 1. The smallest absolute Gasteiger partial charge is 0.270 e. The van der Waals surface area contributed by atoms with E-state index in [0.717, 1.165) is 35.2 Å². The highest BCUT2D eigenvalue weighted by molar-refractivity contribution is 7.13. The Labute approximate surface area is 178 Å². The number of ether oxygens (including phenoxy) is 1. The lowest BCUT2D eigenvalue weighted by molar-refractivity contribution is 0.0117. The van der Waals surface area contributed by atoms with Gasteiger partial charge in [0.1, 0.15) is 22.2 Å². The number of aromatic nitrogens is 1. The normalized spacial score (nSPS) is 15.9. The van der Waals surface area contributed by atoms with Crippen LogP contribution < -0.4 is 5.32 Å². The molecule has 3 heterocycles. The summed E-state index contributed by atoms with van der Waals surface area (Å²) in [4.78, 5) is 19.5. The van der Waals surface area contributed by atoms with Crippen molar-refractivity contribution in [1.82, 2.24) is 15.2 Å². The number of carbonyl (C=O) groups is 1. The molecule has 8 heteroatoms. The van der Waals surface area contributed by atoms with Gasteiger partial charge in [-0.05, 0) is 31.2 Å². The Kier molecular flexibility index (Phi) is 6.30. The van der Waals surface area contributed by atoms with Crippen molar-refractivity contribution in [2.24, 2.45) is 0 Å². The van der Waals surface area contributed by atoms with Crippen molar-refractivity contribution >= 4 is 28.8 Å². The lowest BCUT2D eigenvalue weighted by Gasteiger charge is -2.33. The molecular formula is C21H22ClN3O3S. The summed E-state index contributed by atoms with van der Waals surface area (Å²) in [5.41, 5.74) is 1.35. The van der Waals surface area contributed by atoms with Crippen LogP contribution in [-0.4, -0.2) is 48.6 Å². The molecule has 0 aliphatic carbocycles. The standard InChI is InChI=1S/C21H22ClN3O3S/c1-14-2-7-19(28-14)18(25-8-10-27-11-9-25)12-23-20(26)17-13-29-21(24-17)15-3-5-16(22)6-4-15/h2-7,13,18H,8-12H2,1H3,(H,23,26). The fourth-order valence-electron chi connectivity index (χ4n) is 3.31. The van der Waals surface area contributed by atoms with Crippen LogP contribution in [0.1, 0.15) is 28.1 Å². The molecule has 1 saturated heterocycles. The van der Waals surface area contributed by atoms with E-state index in [9.17, 15) is 4.79 Å². The van der Waals surface area contributed by atoms with Crippen LogP contribution in [0.25, 0.3) is 10.6 Å². The van der Waals surface area contributed by atoms with Crippen LogP contribution >= 0.6 is 22.9 Å². The number of nitrogens with zero attached hydrogens (tertiary/aromatic N) is 2. The Morgan fingerprint density at radius 1 is 1.24 bits per heavy atom. The summed E-state index contributed by atoms with van der Waals surface area (Å²) in [6, 6.07) is 11.3. The number of amides is 1. The molecule has 1 N–H and O–H groups in total. The van der Waals surface area contributed by atoms with Gasteiger partial charge in [0.2, 0.25) is 0 Å². The predicted octanol–water partition coefficient (Wildman–Crippen LogP) is 4.17. The molecule has 2 aromatic heterocycles. The van der Waals surface area contributed by atoms with Gasteiger partial charge in [0.15, 0.2) is 0 Å². The van der Waals surface area contributed by atoms with Crippen LogP contribution in [0.3, 0.4) is 0 Å². The van der Waals surface area contributed by atoms with Gasteiger partial charge in [0.25, 0.3) is 5.91 Å². The Bertz CT molecular complexity index is 964. The number of halogens is 1. The zero-order valence-corrected chi connectivity index (χ0v) is 17.6. The summed E-state index contributed by atoms with van der Waals surface area (Å²) in [5.74, 6) is 1.52. The zero-order chi connectivity index (χ0) is 20.2. The van der Waals surface area contributed by atoms with E-state index in [4.69, 9.17) is 20.8 Å². The molecule has 1 aromatic carbocycles. The maximum Gasteiger partial charge on any atom is 0.270 e. The lowest BCUT2D eigenvalue weighted by atomic mass is 10.1. The Morgan fingerprint density at radius 2 is 2.00 bits per heavy atom. The molecule has 1 unspecified atom stereocenters. The molecule has 152 valence electrons. The van der Waals surface area contributed by atoms with E-state index in [2.05, 4.69) is 15.2 Å². The fourth-order valence-corrected chi connectivity index (χ4v) is 4.25. The van der Waals surface area contributed by atoms with Gasteiger partial charge in [-0.2, -0.15) is 0 Å². The molecule has 29 heavy (non-hydrogen) atoms. The van der Waals surface area contributed by atoms with Gasteiger partial charge in [0.05, 0.1) is 19.3 Å². The lowest BCUT2D eigenvalue weighted by Crippen LogP contribution is -2.43. The van der Waals surface area contributed by atoms with Crippen LogP contribution in [0.4, 0.5) is 0 Å². The average molecular weight is 432 g/mol. The van der Waals surface area contributed by atoms with Gasteiger partial charge in [-0.3, -0.25) is 9.69 Å². The fraction of sp³-hybridized carbons (Fsp3) is 0.333. The third-order valence-electron chi connectivity index (χ3n) is 4.86. The maximum absolute atomic E-state index is 12.7. The minimum absolute atomic E-state index is 0.0362. The van der Waals surface area contributed by atoms with Crippen molar-refractivity contribution in [2.45, 2.75) is 13.0 Å². The second-order valence-corrected chi connectivity index (χ2v) is 8.16. The predicted molar refractivity (Wildman–Crippen MR) is 113 cm³/mol. The first-order valence-electron chi connectivity index (χ1n) is 9.48. The monoisotopic (exact) mass is 431 g/mol. The van der Waals surface area contributed by atoms with Crippen molar-refractivity contribution in [3.05, 3.63) is 64.0 Å². The zero-order valence-electron chi connectivity index (χ0n) is 16.1. The minimum Gasteiger partial charge on any atom is -0.465 e. The number of nitrogens with one attached hydrogen (secondary N) is 1. The first-order chi connectivity index (χ1) is 14.1. The van der Waals surface area contributed by atoms with Crippen LogP contribution in [0.2, 0.25) is 5.02 Å². The third-order valence-corrected chi connectivity index (χ3v) is 6.00. The van der Waals surface area contributed by atoms with E-state index in [1.54, 1.807) is 5.38 Å². The number of hydrogen-bond acceptors (Lipinski definition) is 6. The van der Waals surface area contributed by atoms with Gasteiger partial charge in [0, 0.05) is 35.6 Å². The molecule has 0 radical (unpaired) electrons. The molecule has 0 saturated carbocycles. The van der Waals surface area contributed by atoms with Crippen molar-refractivity contribution < 1.29 is 13.9 Å². The van der Waals surface area contributed by atoms with Crippen molar-refractivity contribution in [3.63, 3.8) is 0 Å². The minimum atomic E-state index is -0.192. The van der Waals surface area contributed by atoms with Crippen molar-refractivity contribution in [1.29, 1.82) is 0 Å². The Morgan fingerprint density at radius 3 is 2.69 bits per heavy atom. The summed E-state index contributed by atoms with van der Waals surface area (Å²) in [6.45, 7) is 5.34. The van der Waals surface area contributed by atoms with Crippen LogP contribution in [0.5, 0.6) is 0 Å². The number of aryl methyl sites for hydroxylation is 1. The number of furan rings is 1. The summed E-state index contributed by atoms with van der Waals surface area (Å²) in [7, 11) is 0. The van der Waals surface area contributed by atoms with Crippen LogP contribution in [0.15, 0.2) is 46.2 Å². The molecule has 1 aliphatic heterocycles. The van der Waals surface area contributed by atoms with E-state index in [-0.39, 0.29) is 11.9 Å². The van der Waals surface area contributed by atoms with Gasteiger partial charge in [-0.15, -0.1) is 11.3 Å². The molecule has 0 bridgehead atoms. The van der Waals surface area contributed by atoms with Crippen molar-refractivity contribution in [2.75, 3.05) is 32.8 Å². The molecule has 6 nitrogen and oxygen atoms in total. The molecule has 3 aromatic rings. The van der Waals surface area contributed by atoms with Crippen LogP contribution in [0, 0.1) is 6.92 Å². The molecule has 4 rings (SSSR count). The SMILES string of the molecule is Cc1ccc(C(CNC(=O)c2csc(-c3ccc(Cl)cc3)n2)N2CCOCC2)o1. The highest BCUT2D eigenvalue weighted by Gasteiger charge is 2.26.